The van der Waals surface area contributed by atoms with Gasteiger partial charge in [-0.1, -0.05) is 24.3 Å². The van der Waals surface area contributed by atoms with Crippen molar-refractivity contribution in [1.29, 1.82) is 0 Å². The molecule has 4 aromatic rings. The highest BCUT2D eigenvalue weighted by Crippen LogP contribution is 2.27. The first-order valence-electron chi connectivity index (χ1n) is 10.4. The molecule has 9 heteroatoms. The van der Waals surface area contributed by atoms with Crippen molar-refractivity contribution in [2.75, 3.05) is 6.54 Å². The fraction of sp³-hybridized carbons (Fsp3) is 0.261. The van der Waals surface area contributed by atoms with Crippen LogP contribution in [0, 0.1) is 12.7 Å². The maximum absolute atomic E-state index is 14.7. The molecule has 0 spiro atoms. The largest absolute Gasteiger partial charge is 0.327 e. The zero-order valence-electron chi connectivity index (χ0n) is 17.7. The monoisotopic (exact) mass is 432 g/mol. The van der Waals surface area contributed by atoms with Crippen LogP contribution in [0.5, 0.6) is 0 Å². The topological polar surface area (TPSA) is 96.8 Å². The molecule has 1 atom stereocenters. The van der Waals surface area contributed by atoms with E-state index >= 15 is 0 Å². The molecular formula is C23H21FN6O2. The summed E-state index contributed by atoms with van der Waals surface area (Å²) in [5.74, 6) is 0.534. The van der Waals surface area contributed by atoms with Crippen molar-refractivity contribution in [3.63, 3.8) is 0 Å². The summed E-state index contributed by atoms with van der Waals surface area (Å²) in [6.45, 7) is 4.76. The van der Waals surface area contributed by atoms with Crippen LogP contribution in [0.15, 0.2) is 47.3 Å². The number of aromatic amines is 1. The van der Waals surface area contributed by atoms with Crippen molar-refractivity contribution in [3.05, 3.63) is 87.1 Å². The molecule has 0 fully saturated rings. The second-order valence-corrected chi connectivity index (χ2v) is 7.97. The average molecular weight is 432 g/mol. The number of aromatic nitrogens is 5. The van der Waals surface area contributed by atoms with Gasteiger partial charge < -0.3 is 9.47 Å². The molecule has 0 saturated carbocycles. The van der Waals surface area contributed by atoms with Crippen molar-refractivity contribution in [2.24, 2.45) is 0 Å². The van der Waals surface area contributed by atoms with Crippen LogP contribution in [0.3, 0.4) is 0 Å². The van der Waals surface area contributed by atoms with Crippen molar-refractivity contribution in [3.8, 4) is 0 Å². The summed E-state index contributed by atoms with van der Waals surface area (Å²) in [4.78, 5) is 26.9. The SMILES string of the molecule is Cc1nnc2n1CCN(C(=O)c1cc(Cc3n[nH]c(=O)c4ccccc34)ccc1F)C2C. The number of halogens is 1. The number of nitrogens with zero attached hydrogens (tertiary/aromatic N) is 5. The van der Waals surface area contributed by atoms with Gasteiger partial charge in [0, 0.05) is 24.9 Å². The van der Waals surface area contributed by atoms with Gasteiger partial charge in [0.25, 0.3) is 11.5 Å². The molecule has 2 aromatic carbocycles. The Bertz CT molecular complexity index is 1410. The van der Waals surface area contributed by atoms with E-state index in [2.05, 4.69) is 20.4 Å². The van der Waals surface area contributed by atoms with E-state index in [0.29, 0.717) is 36.4 Å². The van der Waals surface area contributed by atoms with E-state index in [9.17, 15) is 14.0 Å². The smallest absolute Gasteiger partial charge is 0.272 e. The number of rotatable bonds is 3. The quantitative estimate of drug-likeness (QED) is 0.537. The van der Waals surface area contributed by atoms with Gasteiger partial charge in [-0.25, -0.2) is 9.49 Å². The molecule has 162 valence electrons. The first kappa shape index (κ1) is 20.0. The lowest BCUT2D eigenvalue weighted by Crippen LogP contribution is -2.41. The molecule has 3 heterocycles. The minimum atomic E-state index is -0.576. The number of aryl methyl sites for hydroxylation is 1. The van der Waals surface area contributed by atoms with E-state index in [1.165, 1.54) is 6.07 Å². The first-order chi connectivity index (χ1) is 15.4. The molecule has 8 nitrogen and oxygen atoms in total. The van der Waals surface area contributed by atoms with Gasteiger partial charge in [0.05, 0.1) is 22.7 Å². The van der Waals surface area contributed by atoms with Crippen LogP contribution >= 0.6 is 0 Å². The van der Waals surface area contributed by atoms with Crippen molar-refractivity contribution >= 4 is 16.7 Å². The van der Waals surface area contributed by atoms with E-state index in [0.717, 1.165) is 16.8 Å². The number of benzene rings is 2. The van der Waals surface area contributed by atoms with Gasteiger partial charge in [-0.05, 0) is 37.6 Å². The lowest BCUT2D eigenvalue weighted by Gasteiger charge is -2.33. The third-order valence-corrected chi connectivity index (χ3v) is 6.04. The molecular weight excluding hydrogens is 411 g/mol. The maximum atomic E-state index is 14.7. The number of fused-ring (bicyclic) bond motifs is 2. The van der Waals surface area contributed by atoms with Crippen LogP contribution in [-0.2, 0) is 13.0 Å². The number of hydrogen-bond acceptors (Lipinski definition) is 5. The fourth-order valence-corrected chi connectivity index (χ4v) is 4.30. The minimum absolute atomic E-state index is 0.00719. The zero-order chi connectivity index (χ0) is 22.4. The number of hydrogen-bond donors (Lipinski definition) is 1. The van der Waals surface area contributed by atoms with Gasteiger partial charge in [0.2, 0.25) is 0 Å². The summed E-state index contributed by atoms with van der Waals surface area (Å²) in [5.41, 5.74) is 1.12. The molecule has 0 radical (unpaired) electrons. The molecule has 2 aromatic heterocycles. The summed E-state index contributed by atoms with van der Waals surface area (Å²) in [6, 6.07) is 11.4. The van der Waals surface area contributed by atoms with Crippen molar-refractivity contribution in [1.82, 2.24) is 29.9 Å². The molecule has 32 heavy (non-hydrogen) atoms. The van der Waals surface area contributed by atoms with Gasteiger partial charge >= 0.3 is 0 Å². The number of H-pyrrole nitrogens is 1. The fourth-order valence-electron chi connectivity index (χ4n) is 4.30. The predicted molar refractivity (Wildman–Crippen MR) is 116 cm³/mol. The van der Waals surface area contributed by atoms with Gasteiger partial charge in [0.15, 0.2) is 5.82 Å². The minimum Gasteiger partial charge on any atom is -0.327 e. The Balaban J connectivity index is 1.47. The predicted octanol–water partition coefficient (Wildman–Crippen LogP) is 2.77. The first-order valence-corrected chi connectivity index (χ1v) is 10.4. The molecule has 1 aliphatic rings. The molecule has 1 N–H and O–H groups in total. The summed E-state index contributed by atoms with van der Waals surface area (Å²) in [5, 5.41) is 16.2. The molecule has 1 amide bonds. The number of carbonyl (C=O) groups excluding carboxylic acids is 1. The van der Waals surface area contributed by atoms with Crippen LogP contribution in [0.2, 0.25) is 0 Å². The van der Waals surface area contributed by atoms with Crippen molar-refractivity contribution in [2.45, 2.75) is 32.9 Å². The zero-order valence-corrected chi connectivity index (χ0v) is 17.7. The highest BCUT2D eigenvalue weighted by atomic mass is 19.1. The van der Waals surface area contributed by atoms with Gasteiger partial charge in [-0.15, -0.1) is 10.2 Å². The maximum Gasteiger partial charge on any atom is 0.272 e. The van der Waals surface area contributed by atoms with E-state index in [-0.39, 0.29) is 23.1 Å². The Morgan fingerprint density at radius 2 is 1.94 bits per heavy atom. The lowest BCUT2D eigenvalue weighted by atomic mass is 10.0. The second kappa shape index (κ2) is 7.67. The molecule has 0 aliphatic carbocycles. The van der Waals surface area contributed by atoms with Crippen LogP contribution < -0.4 is 5.56 Å². The molecule has 1 unspecified atom stereocenters. The summed E-state index contributed by atoms with van der Waals surface area (Å²) < 4.78 is 16.7. The van der Waals surface area contributed by atoms with E-state index in [4.69, 9.17) is 0 Å². The summed E-state index contributed by atoms with van der Waals surface area (Å²) in [7, 11) is 0. The van der Waals surface area contributed by atoms with Crippen LogP contribution in [0.4, 0.5) is 4.39 Å². The Morgan fingerprint density at radius 1 is 1.16 bits per heavy atom. The van der Waals surface area contributed by atoms with E-state index in [1.807, 2.05) is 30.5 Å². The number of carbonyl (C=O) groups is 1. The lowest BCUT2D eigenvalue weighted by molar-refractivity contribution is 0.0631. The van der Waals surface area contributed by atoms with Gasteiger partial charge in [0.1, 0.15) is 11.6 Å². The van der Waals surface area contributed by atoms with E-state index < -0.39 is 5.82 Å². The highest BCUT2D eigenvalue weighted by Gasteiger charge is 2.32. The van der Waals surface area contributed by atoms with Gasteiger partial charge in [-0.2, -0.15) is 5.10 Å². The highest BCUT2D eigenvalue weighted by molar-refractivity contribution is 5.95. The third kappa shape index (κ3) is 3.26. The Labute approximate surface area is 182 Å². The van der Waals surface area contributed by atoms with Crippen molar-refractivity contribution < 1.29 is 9.18 Å². The molecule has 1 aliphatic heterocycles. The van der Waals surface area contributed by atoms with Crippen LogP contribution in [0.25, 0.3) is 10.8 Å². The number of nitrogens with one attached hydrogen (secondary N) is 1. The van der Waals surface area contributed by atoms with Gasteiger partial charge in [-0.3, -0.25) is 9.59 Å². The summed E-state index contributed by atoms with van der Waals surface area (Å²) in [6.07, 6.45) is 0.348. The van der Waals surface area contributed by atoms with Crippen LogP contribution in [0.1, 0.15) is 46.2 Å². The molecule has 0 bridgehead atoms. The second-order valence-electron chi connectivity index (χ2n) is 7.97. The number of amides is 1. The Hall–Kier alpha value is -3.88. The summed E-state index contributed by atoms with van der Waals surface area (Å²) >= 11 is 0. The molecule has 0 saturated heterocycles. The normalized spacial score (nSPS) is 15.7. The van der Waals surface area contributed by atoms with E-state index in [1.54, 1.807) is 29.2 Å². The average Bonchev–Trinajstić information content (AvgIpc) is 3.18. The Kier molecular flexibility index (Phi) is 4.80. The third-order valence-electron chi connectivity index (χ3n) is 6.04. The van der Waals surface area contributed by atoms with Crippen LogP contribution in [-0.4, -0.2) is 42.3 Å². The standard InChI is InChI=1S/C23H21FN6O2/c1-13-21-27-25-14(2)30(21)10-9-29(13)23(32)18-11-15(7-8-19(18)24)12-20-16-5-3-4-6-17(16)22(31)28-26-20/h3-8,11,13H,9-10,12H2,1-2H3,(H,28,31). The molecule has 5 rings (SSSR count). The Morgan fingerprint density at radius 3 is 2.75 bits per heavy atom.